The maximum Gasteiger partial charge on any atom is 0.348 e. The summed E-state index contributed by atoms with van der Waals surface area (Å²) < 4.78 is 5.72. The van der Waals surface area contributed by atoms with Crippen LogP contribution in [0.4, 0.5) is 17.2 Å². The lowest BCUT2D eigenvalue weighted by molar-refractivity contribution is -0.384. The highest BCUT2D eigenvalue weighted by atomic mass is 35.5. The third-order valence-corrected chi connectivity index (χ3v) is 6.65. The highest BCUT2D eigenvalue weighted by Gasteiger charge is 2.24. The van der Waals surface area contributed by atoms with Crippen molar-refractivity contribution in [1.82, 2.24) is 9.97 Å². The fourth-order valence-electron chi connectivity index (χ4n) is 3.60. The molecular formula is C20H19ClN4O4S. The normalized spacial score (nSPS) is 14.6. The molecule has 30 heavy (non-hydrogen) atoms. The summed E-state index contributed by atoms with van der Waals surface area (Å²) in [6, 6.07) is 4.16. The Morgan fingerprint density at radius 3 is 2.77 bits per heavy atom. The van der Waals surface area contributed by atoms with Crippen LogP contribution >= 0.6 is 22.9 Å². The summed E-state index contributed by atoms with van der Waals surface area (Å²) in [5.74, 6) is 0.142. The van der Waals surface area contributed by atoms with Gasteiger partial charge in [-0.2, -0.15) is 0 Å². The number of rotatable bonds is 5. The number of nitro groups is 1. The number of fused-ring (bicyclic) bond motifs is 1. The van der Waals surface area contributed by atoms with Crippen molar-refractivity contribution in [3.05, 3.63) is 50.1 Å². The Balaban J connectivity index is 1.64. The number of aryl methyl sites for hydroxylation is 1. The molecule has 8 nitrogen and oxygen atoms in total. The van der Waals surface area contributed by atoms with Crippen LogP contribution in [0, 0.1) is 17.0 Å². The van der Waals surface area contributed by atoms with Crippen LogP contribution in [0.5, 0.6) is 0 Å². The summed E-state index contributed by atoms with van der Waals surface area (Å²) in [5.41, 5.74) is 1.11. The number of hydrogen-bond acceptors (Lipinski definition) is 8. The van der Waals surface area contributed by atoms with Crippen molar-refractivity contribution in [3.8, 4) is 0 Å². The van der Waals surface area contributed by atoms with Gasteiger partial charge in [0.05, 0.1) is 21.0 Å². The van der Waals surface area contributed by atoms with Crippen molar-refractivity contribution in [1.29, 1.82) is 0 Å². The standard InChI is InChI=1S/C20H19ClN4O4S/c1-11-16-18(24-15-8-7-12(25(27)28)9-14(15)21)22-10-23-19(16)30-17(11)20(26)29-13-5-3-2-4-6-13/h7-10,13H,2-6H2,1H3,(H,22,23,24). The van der Waals surface area contributed by atoms with Crippen LogP contribution in [0.2, 0.25) is 5.02 Å². The molecule has 2 aromatic heterocycles. The number of carbonyl (C=O) groups is 1. The summed E-state index contributed by atoms with van der Waals surface area (Å²) in [5, 5.41) is 14.9. The van der Waals surface area contributed by atoms with Crippen molar-refractivity contribution in [2.75, 3.05) is 5.32 Å². The van der Waals surface area contributed by atoms with Crippen molar-refractivity contribution >= 4 is 56.3 Å². The predicted molar refractivity (Wildman–Crippen MR) is 116 cm³/mol. The van der Waals surface area contributed by atoms with Gasteiger partial charge in [0.15, 0.2) is 0 Å². The van der Waals surface area contributed by atoms with Crippen molar-refractivity contribution in [2.24, 2.45) is 0 Å². The summed E-state index contributed by atoms with van der Waals surface area (Å²) in [6.07, 6.45) is 6.53. The first-order valence-electron chi connectivity index (χ1n) is 9.60. The van der Waals surface area contributed by atoms with Crippen LogP contribution in [0.3, 0.4) is 0 Å². The second-order valence-corrected chi connectivity index (χ2v) is 8.58. The van der Waals surface area contributed by atoms with E-state index >= 15 is 0 Å². The zero-order valence-corrected chi connectivity index (χ0v) is 17.8. The quantitative estimate of drug-likeness (QED) is 0.300. The van der Waals surface area contributed by atoms with Gasteiger partial charge < -0.3 is 10.1 Å². The van der Waals surface area contributed by atoms with E-state index in [2.05, 4.69) is 15.3 Å². The van der Waals surface area contributed by atoms with E-state index in [1.54, 1.807) is 0 Å². The lowest BCUT2D eigenvalue weighted by atomic mass is 9.98. The van der Waals surface area contributed by atoms with Gasteiger partial charge in [0.25, 0.3) is 5.69 Å². The Hall–Kier alpha value is -2.78. The predicted octanol–water partition coefficient (Wildman–Crippen LogP) is 5.79. The van der Waals surface area contributed by atoms with Crippen LogP contribution in [0.25, 0.3) is 10.2 Å². The van der Waals surface area contributed by atoms with E-state index in [1.807, 2.05) is 6.92 Å². The van der Waals surface area contributed by atoms with Gasteiger partial charge in [0.2, 0.25) is 0 Å². The molecule has 0 saturated heterocycles. The molecule has 10 heteroatoms. The first-order valence-corrected chi connectivity index (χ1v) is 10.8. The number of nitrogens with zero attached hydrogens (tertiary/aromatic N) is 3. The summed E-state index contributed by atoms with van der Waals surface area (Å²) in [7, 11) is 0. The van der Waals surface area contributed by atoms with Gasteiger partial charge in [-0.1, -0.05) is 18.0 Å². The highest BCUT2D eigenvalue weighted by molar-refractivity contribution is 7.20. The van der Waals surface area contributed by atoms with Gasteiger partial charge in [-0.05, 0) is 44.2 Å². The molecule has 0 radical (unpaired) electrons. The zero-order chi connectivity index (χ0) is 21.3. The fraction of sp³-hybridized carbons (Fsp3) is 0.350. The first kappa shape index (κ1) is 20.5. The lowest BCUT2D eigenvalue weighted by Gasteiger charge is -2.21. The zero-order valence-electron chi connectivity index (χ0n) is 16.2. The molecule has 1 saturated carbocycles. The maximum atomic E-state index is 12.8. The van der Waals surface area contributed by atoms with Gasteiger partial charge in [-0.25, -0.2) is 14.8 Å². The van der Waals surface area contributed by atoms with E-state index in [0.29, 0.717) is 26.6 Å². The monoisotopic (exact) mass is 446 g/mol. The third kappa shape index (κ3) is 4.08. The van der Waals surface area contributed by atoms with Gasteiger partial charge in [-0.3, -0.25) is 10.1 Å². The highest BCUT2D eigenvalue weighted by Crippen LogP contribution is 2.37. The van der Waals surface area contributed by atoms with Gasteiger partial charge in [0, 0.05) is 12.1 Å². The number of hydrogen-bond donors (Lipinski definition) is 1. The maximum absolute atomic E-state index is 12.8. The number of nitrogens with one attached hydrogen (secondary N) is 1. The summed E-state index contributed by atoms with van der Waals surface area (Å²) >= 11 is 7.46. The molecule has 4 rings (SSSR count). The Bertz CT molecular complexity index is 1130. The van der Waals surface area contributed by atoms with Crippen molar-refractivity contribution in [3.63, 3.8) is 0 Å². The number of nitro benzene ring substituents is 1. The number of ether oxygens (including phenoxy) is 1. The molecule has 1 fully saturated rings. The third-order valence-electron chi connectivity index (χ3n) is 5.15. The Kier molecular flexibility index (Phi) is 5.83. The molecule has 2 heterocycles. The number of thiophene rings is 1. The molecule has 1 aliphatic rings. The first-order chi connectivity index (χ1) is 14.4. The van der Waals surface area contributed by atoms with Crippen LogP contribution in [-0.2, 0) is 4.74 Å². The second-order valence-electron chi connectivity index (χ2n) is 7.17. The molecule has 0 atom stereocenters. The molecule has 0 bridgehead atoms. The number of anilines is 2. The van der Waals surface area contributed by atoms with Crippen LogP contribution < -0.4 is 5.32 Å². The smallest absolute Gasteiger partial charge is 0.348 e. The number of non-ortho nitro benzene ring substituents is 1. The van der Waals surface area contributed by atoms with E-state index in [0.717, 1.165) is 31.2 Å². The minimum absolute atomic E-state index is 0.0292. The van der Waals surface area contributed by atoms with E-state index < -0.39 is 4.92 Å². The van der Waals surface area contributed by atoms with E-state index in [1.165, 1.54) is 42.3 Å². The number of benzene rings is 1. The number of aromatic nitrogens is 2. The Morgan fingerprint density at radius 2 is 2.07 bits per heavy atom. The number of esters is 1. The fourth-order valence-corrected chi connectivity index (χ4v) is 4.85. The largest absolute Gasteiger partial charge is 0.458 e. The van der Waals surface area contributed by atoms with Gasteiger partial charge >= 0.3 is 5.97 Å². The molecule has 3 aromatic rings. The van der Waals surface area contributed by atoms with E-state index in [9.17, 15) is 14.9 Å². The molecule has 0 amide bonds. The molecular weight excluding hydrogens is 428 g/mol. The molecule has 1 aromatic carbocycles. The summed E-state index contributed by atoms with van der Waals surface area (Å²) in [4.78, 5) is 32.9. The molecule has 0 aliphatic heterocycles. The second kappa shape index (κ2) is 8.53. The average molecular weight is 447 g/mol. The van der Waals surface area contributed by atoms with Crippen molar-refractivity contribution in [2.45, 2.75) is 45.1 Å². The Labute approximate surface area is 181 Å². The number of halogens is 1. The van der Waals surface area contributed by atoms with Crippen LogP contribution in [-0.4, -0.2) is 27.0 Å². The minimum Gasteiger partial charge on any atom is -0.458 e. The number of carbonyl (C=O) groups excluding carboxylic acids is 1. The van der Waals surface area contributed by atoms with E-state index in [4.69, 9.17) is 16.3 Å². The van der Waals surface area contributed by atoms with E-state index in [-0.39, 0.29) is 22.8 Å². The summed E-state index contributed by atoms with van der Waals surface area (Å²) in [6.45, 7) is 1.84. The average Bonchev–Trinajstić information content (AvgIpc) is 3.08. The molecule has 156 valence electrons. The molecule has 0 unspecified atom stereocenters. The molecule has 1 aliphatic carbocycles. The SMILES string of the molecule is Cc1c(C(=O)OC2CCCCC2)sc2ncnc(Nc3ccc([N+](=O)[O-])cc3Cl)c12. The Morgan fingerprint density at radius 1 is 1.30 bits per heavy atom. The lowest BCUT2D eigenvalue weighted by Crippen LogP contribution is -2.20. The van der Waals surface area contributed by atoms with Crippen LogP contribution in [0.1, 0.15) is 47.3 Å². The van der Waals surface area contributed by atoms with Gasteiger partial charge in [0.1, 0.15) is 28.0 Å². The topological polar surface area (TPSA) is 107 Å². The van der Waals surface area contributed by atoms with Gasteiger partial charge in [-0.15, -0.1) is 11.3 Å². The minimum atomic E-state index is -0.508. The molecule has 1 N–H and O–H groups in total. The van der Waals surface area contributed by atoms with Crippen LogP contribution in [0.15, 0.2) is 24.5 Å². The molecule has 0 spiro atoms. The van der Waals surface area contributed by atoms with Crippen molar-refractivity contribution < 1.29 is 14.5 Å².